The fraction of sp³-hybridized carbons (Fsp3) is 0.308. The molecule has 0 fully saturated rings. The minimum atomic E-state index is -0.638. The lowest BCUT2D eigenvalue weighted by molar-refractivity contribution is 0.168. The average molecular weight is 232 g/mol. The Labute approximate surface area is 100 Å². The van der Waals surface area contributed by atoms with Crippen LogP contribution in [-0.2, 0) is 6.42 Å². The number of nitrogens with one attached hydrogen (secondary N) is 1. The van der Waals surface area contributed by atoms with E-state index in [4.69, 9.17) is 4.74 Å². The first kappa shape index (κ1) is 11.7. The van der Waals surface area contributed by atoms with Crippen molar-refractivity contribution >= 4 is 0 Å². The monoisotopic (exact) mass is 232 g/mol. The summed E-state index contributed by atoms with van der Waals surface area (Å²) < 4.78 is 5.28. The van der Waals surface area contributed by atoms with E-state index in [1.54, 1.807) is 19.5 Å². The summed E-state index contributed by atoms with van der Waals surface area (Å²) in [4.78, 5) is 6.95. The van der Waals surface area contributed by atoms with E-state index >= 15 is 0 Å². The zero-order valence-corrected chi connectivity index (χ0v) is 9.97. The molecule has 90 valence electrons. The second-order valence-corrected chi connectivity index (χ2v) is 4.01. The summed E-state index contributed by atoms with van der Waals surface area (Å²) in [6.07, 6.45) is 3.18. The summed E-state index contributed by atoms with van der Waals surface area (Å²) in [5.41, 5.74) is 2.13. The lowest BCUT2D eigenvalue weighted by Crippen LogP contribution is -2.05. The number of methoxy groups -OCH3 is 1. The quantitative estimate of drug-likeness (QED) is 0.847. The molecule has 4 heteroatoms. The number of aromatic nitrogens is 2. The molecule has 17 heavy (non-hydrogen) atoms. The summed E-state index contributed by atoms with van der Waals surface area (Å²) in [6.45, 7) is 2.02. The van der Waals surface area contributed by atoms with Gasteiger partial charge in [-0.05, 0) is 18.6 Å². The Morgan fingerprint density at radius 3 is 2.94 bits per heavy atom. The molecule has 1 aromatic heterocycles. The second kappa shape index (κ2) is 5.01. The topological polar surface area (TPSA) is 58.1 Å². The van der Waals surface area contributed by atoms with Gasteiger partial charge in [-0.2, -0.15) is 0 Å². The van der Waals surface area contributed by atoms with Crippen molar-refractivity contribution in [3.63, 3.8) is 0 Å². The van der Waals surface area contributed by atoms with Crippen molar-refractivity contribution in [2.24, 2.45) is 0 Å². The van der Waals surface area contributed by atoms with Crippen molar-refractivity contribution in [1.29, 1.82) is 0 Å². The number of aliphatic hydroxyl groups excluding tert-OH is 1. The number of benzene rings is 1. The third-order valence-corrected chi connectivity index (χ3v) is 2.68. The highest BCUT2D eigenvalue weighted by atomic mass is 16.5. The normalized spacial score (nSPS) is 12.4. The maximum Gasteiger partial charge on any atom is 0.135 e. The van der Waals surface area contributed by atoms with Gasteiger partial charge in [0, 0.05) is 18.8 Å². The number of H-pyrrole nitrogens is 1. The van der Waals surface area contributed by atoms with Gasteiger partial charge < -0.3 is 14.8 Å². The summed E-state index contributed by atoms with van der Waals surface area (Å²) in [5, 5.41) is 10.0. The number of imidazole rings is 1. The third kappa shape index (κ3) is 2.65. The average Bonchev–Trinajstić information content (AvgIpc) is 2.83. The van der Waals surface area contributed by atoms with Gasteiger partial charge >= 0.3 is 0 Å². The molecule has 0 aliphatic heterocycles. The molecule has 1 heterocycles. The molecule has 1 atom stereocenters. The van der Waals surface area contributed by atoms with Gasteiger partial charge in [0.1, 0.15) is 17.7 Å². The molecular weight excluding hydrogens is 216 g/mol. The van der Waals surface area contributed by atoms with E-state index in [0.717, 1.165) is 16.9 Å². The Kier molecular flexibility index (Phi) is 3.44. The van der Waals surface area contributed by atoms with Crippen molar-refractivity contribution in [2.75, 3.05) is 7.11 Å². The predicted molar refractivity (Wildman–Crippen MR) is 65.0 cm³/mol. The number of rotatable bonds is 4. The van der Waals surface area contributed by atoms with E-state index in [0.29, 0.717) is 12.2 Å². The first-order valence-electron chi connectivity index (χ1n) is 5.51. The zero-order valence-electron chi connectivity index (χ0n) is 9.97. The molecule has 0 aliphatic carbocycles. The summed E-state index contributed by atoms with van der Waals surface area (Å²) >= 11 is 0. The Morgan fingerprint density at radius 1 is 1.47 bits per heavy atom. The number of hydrogen-bond acceptors (Lipinski definition) is 3. The SMILES string of the molecule is COc1ccc(C)cc1CC(O)c1ncc[nH]1. The van der Waals surface area contributed by atoms with Crippen LogP contribution < -0.4 is 4.74 Å². The van der Waals surface area contributed by atoms with Crippen molar-refractivity contribution in [3.05, 3.63) is 47.5 Å². The molecule has 4 nitrogen and oxygen atoms in total. The molecule has 0 amide bonds. The van der Waals surface area contributed by atoms with E-state index in [1.165, 1.54) is 0 Å². The Balaban J connectivity index is 2.20. The standard InChI is InChI=1S/C13H16N2O2/c1-9-3-4-12(17-2)10(7-9)8-11(16)13-14-5-6-15-13/h3-7,11,16H,8H2,1-2H3,(H,14,15). The maximum atomic E-state index is 10.0. The van der Waals surface area contributed by atoms with Crippen molar-refractivity contribution < 1.29 is 9.84 Å². The zero-order chi connectivity index (χ0) is 12.3. The largest absolute Gasteiger partial charge is 0.496 e. The van der Waals surface area contributed by atoms with Crippen LogP contribution in [0.5, 0.6) is 5.75 Å². The Morgan fingerprint density at radius 2 is 2.29 bits per heavy atom. The van der Waals surface area contributed by atoms with E-state index in [2.05, 4.69) is 9.97 Å². The fourth-order valence-corrected chi connectivity index (χ4v) is 1.83. The highest BCUT2D eigenvalue weighted by molar-refractivity contribution is 5.37. The van der Waals surface area contributed by atoms with Crippen molar-refractivity contribution in [2.45, 2.75) is 19.4 Å². The highest BCUT2D eigenvalue weighted by Gasteiger charge is 2.13. The molecule has 0 aliphatic rings. The molecule has 2 N–H and O–H groups in total. The molecule has 1 unspecified atom stereocenters. The van der Waals surface area contributed by atoms with Gasteiger partial charge in [0.2, 0.25) is 0 Å². The number of aryl methyl sites for hydroxylation is 1. The minimum Gasteiger partial charge on any atom is -0.496 e. The van der Waals surface area contributed by atoms with E-state index in [1.807, 2.05) is 25.1 Å². The van der Waals surface area contributed by atoms with Gasteiger partial charge in [-0.3, -0.25) is 0 Å². The molecule has 0 bridgehead atoms. The highest BCUT2D eigenvalue weighted by Crippen LogP contribution is 2.24. The minimum absolute atomic E-state index is 0.484. The molecule has 2 aromatic rings. The van der Waals surface area contributed by atoms with Crippen LogP contribution in [0.2, 0.25) is 0 Å². The van der Waals surface area contributed by atoms with Crippen LogP contribution in [0.4, 0.5) is 0 Å². The molecule has 1 aromatic carbocycles. The van der Waals surface area contributed by atoms with Crippen LogP contribution in [-0.4, -0.2) is 22.2 Å². The lowest BCUT2D eigenvalue weighted by Gasteiger charge is -2.12. The molecule has 0 spiro atoms. The van der Waals surface area contributed by atoms with Gasteiger partial charge in [0.15, 0.2) is 0 Å². The first-order valence-corrected chi connectivity index (χ1v) is 5.51. The van der Waals surface area contributed by atoms with Crippen molar-refractivity contribution in [1.82, 2.24) is 9.97 Å². The summed E-state index contributed by atoms with van der Waals surface area (Å²) in [7, 11) is 1.63. The number of nitrogens with zero attached hydrogens (tertiary/aromatic N) is 1. The molecule has 0 saturated heterocycles. The number of aromatic amines is 1. The number of hydrogen-bond donors (Lipinski definition) is 2. The van der Waals surface area contributed by atoms with Crippen LogP contribution in [0, 0.1) is 6.92 Å². The van der Waals surface area contributed by atoms with Gasteiger partial charge in [-0.25, -0.2) is 4.98 Å². The summed E-state index contributed by atoms with van der Waals surface area (Å²) in [5.74, 6) is 1.37. The lowest BCUT2D eigenvalue weighted by atomic mass is 10.0. The second-order valence-electron chi connectivity index (χ2n) is 4.01. The third-order valence-electron chi connectivity index (χ3n) is 2.68. The molecule has 0 saturated carbocycles. The maximum absolute atomic E-state index is 10.0. The van der Waals surface area contributed by atoms with Crippen LogP contribution in [0.1, 0.15) is 23.1 Å². The smallest absolute Gasteiger partial charge is 0.135 e. The van der Waals surface area contributed by atoms with E-state index < -0.39 is 6.10 Å². The van der Waals surface area contributed by atoms with Gasteiger partial charge in [-0.15, -0.1) is 0 Å². The van der Waals surface area contributed by atoms with E-state index in [-0.39, 0.29) is 0 Å². The number of ether oxygens (including phenoxy) is 1. The predicted octanol–water partition coefficient (Wildman–Crippen LogP) is 2.00. The number of aliphatic hydroxyl groups is 1. The van der Waals surface area contributed by atoms with Crippen molar-refractivity contribution in [3.8, 4) is 5.75 Å². The van der Waals surface area contributed by atoms with Gasteiger partial charge in [0.05, 0.1) is 7.11 Å². The van der Waals surface area contributed by atoms with Crippen LogP contribution in [0.3, 0.4) is 0 Å². The van der Waals surface area contributed by atoms with Gasteiger partial charge in [0.25, 0.3) is 0 Å². The van der Waals surface area contributed by atoms with Crippen LogP contribution in [0.15, 0.2) is 30.6 Å². The molecule has 0 radical (unpaired) electrons. The van der Waals surface area contributed by atoms with E-state index in [9.17, 15) is 5.11 Å². The molecule has 2 rings (SSSR count). The molecular formula is C13H16N2O2. The fourth-order valence-electron chi connectivity index (χ4n) is 1.83. The summed E-state index contributed by atoms with van der Waals surface area (Å²) in [6, 6.07) is 5.92. The Hall–Kier alpha value is -1.81. The first-order chi connectivity index (χ1) is 8.20. The van der Waals surface area contributed by atoms with Crippen LogP contribution in [0.25, 0.3) is 0 Å². The Bertz CT molecular complexity index is 480. The van der Waals surface area contributed by atoms with Gasteiger partial charge in [-0.1, -0.05) is 17.7 Å². The van der Waals surface area contributed by atoms with Crippen LogP contribution >= 0.6 is 0 Å².